The van der Waals surface area contributed by atoms with Crippen LogP contribution in [0.5, 0.6) is 5.75 Å². The summed E-state index contributed by atoms with van der Waals surface area (Å²) in [5.41, 5.74) is 0.840. The van der Waals surface area contributed by atoms with E-state index in [-0.39, 0.29) is 29.8 Å². The lowest BCUT2D eigenvalue weighted by atomic mass is 10.1. The van der Waals surface area contributed by atoms with E-state index >= 15 is 0 Å². The number of sulfonamides is 1. The van der Waals surface area contributed by atoms with Crippen LogP contribution in [-0.4, -0.2) is 43.5 Å². The van der Waals surface area contributed by atoms with Crippen LogP contribution in [0.15, 0.2) is 52.6 Å². The number of hydrogen-bond acceptors (Lipinski definition) is 5. The highest BCUT2D eigenvalue weighted by Gasteiger charge is 2.30. The van der Waals surface area contributed by atoms with Crippen LogP contribution in [-0.2, 0) is 14.8 Å². The molecule has 0 aromatic heterocycles. The van der Waals surface area contributed by atoms with Crippen molar-refractivity contribution >= 4 is 27.5 Å². The van der Waals surface area contributed by atoms with Gasteiger partial charge in [-0.1, -0.05) is 0 Å². The van der Waals surface area contributed by atoms with Crippen molar-refractivity contribution < 1.29 is 17.9 Å². The lowest BCUT2D eigenvalue weighted by molar-refractivity contribution is -0.112. The molecule has 7 nitrogen and oxygen atoms in total. The second-order valence-electron chi connectivity index (χ2n) is 6.82. The number of amides is 1. The van der Waals surface area contributed by atoms with Crippen LogP contribution >= 0.6 is 0 Å². The Hall–Kier alpha value is -2.61. The van der Waals surface area contributed by atoms with E-state index in [2.05, 4.69) is 9.71 Å². The molecule has 1 aromatic rings. The van der Waals surface area contributed by atoms with Gasteiger partial charge in [-0.15, -0.1) is 4.40 Å². The van der Waals surface area contributed by atoms with Gasteiger partial charge in [0.05, 0.1) is 17.4 Å². The van der Waals surface area contributed by atoms with Gasteiger partial charge in [0.1, 0.15) is 5.75 Å². The Kier molecular flexibility index (Phi) is 4.73. The first kappa shape index (κ1) is 17.8. The molecule has 0 saturated heterocycles. The van der Waals surface area contributed by atoms with Crippen LogP contribution in [0.2, 0.25) is 0 Å². The Bertz CT molecular complexity index is 926. The van der Waals surface area contributed by atoms with Crippen LogP contribution in [0.1, 0.15) is 25.7 Å². The molecule has 2 heterocycles. The third-order valence-electron chi connectivity index (χ3n) is 4.82. The average Bonchev–Trinajstić information content (AvgIpc) is 3.15. The second-order valence-corrected chi connectivity index (χ2v) is 8.57. The lowest BCUT2D eigenvalue weighted by Gasteiger charge is -2.28. The van der Waals surface area contributed by atoms with Gasteiger partial charge in [0.25, 0.3) is 15.9 Å². The first-order valence-corrected chi connectivity index (χ1v) is 10.7. The summed E-state index contributed by atoms with van der Waals surface area (Å²) in [6, 6.07) is 7.22. The van der Waals surface area contributed by atoms with E-state index in [1.165, 1.54) is 12.8 Å². The molecule has 0 bridgehead atoms. The first-order valence-electron chi connectivity index (χ1n) is 9.06. The van der Waals surface area contributed by atoms with Crippen LogP contribution in [0.3, 0.4) is 0 Å². The van der Waals surface area contributed by atoms with Gasteiger partial charge in [-0.25, -0.2) is 8.42 Å². The van der Waals surface area contributed by atoms with E-state index in [1.807, 2.05) is 12.1 Å². The molecular formula is C19H21N3O4S. The van der Waals surface area contributed by atoms with E-state index < -0.39 is 15.9 Å². The zero-order valence-electron chi connectivity index (χ0n) is 14.8. The molecule has 1 fully saturated rings. The third-order valence-corrected chi connectivity index (χ3v) is 5.97. The van der Waals surface area contributed by atoms with E-state index in [1.54, 1.807) is 35.4 Å². The van der Waals surface area contributed by atoms with Gasteiger partial charge in [-0.3, -0.25) is 4.79 Å². The summed E-state index contributed by atoms with van der Waals surface area (Å²) in [6.07, 6.45) is 9.87. The average molecular weight is 387 g/mol. The molecule has 8 heteroatoms. The minimum absolute atomic E-state index is 0.0573. The molecule has 142 valence electrons. The van der Waals surface area contributed by atoms with Crippen molar-refractivity contribution in [1.29, 1.82) is 0 Å². The van der Waals surface area contributed by atoms with Gasteiger partial charge >= 0.3 is 0 Å². The fraction of sp³-hybridized carbons (Fsp3) is 0.368. The molecule has 1 aliphatic carbocycles. The predicted octanol–water partition coefficient (Wildman–Crippen LogP) is 2.44. The van der Waals surface area contributed by atoms with Crippen molar-refractivity contribution in [3.63, 3.8) is 0 Å². The molecule has 1 aromatic carbocycles. The Morgan fingerprint density at radius 2 is 1.93 bits per heavy atom. The maximum atomic E-state index is 12.7. The lowest BCUT2D eigenvalue weighted by Crippen LogP contribution is -2.40. The molecule has 1 amide bonds. The number of ether oxygens (including phenoxy) is 1. The highest BCUT2D eigenvalue weighted by molar-refractivity contribution is 7.90. The van der Waals surface area contributed by atoms with Crippen molar-refractivity contribution in [2.75, 3.05) is 17.6 Å². The van der Waals surface area contributed by atoms with E-state index in [4.69, 9.17) is 4.74 Å². The Balaban J connectivity index is 1.46. The Morgan fingerprint density at radius 1 is 1.19 bits per heavy atom. The minimum atomic E-state index is -3.53. The van der Waals surface area contributed by atoms with Crippen molar-refractivity contribution in [2.45, 2.75) is 31.8 Å². The maximum Gasteiger partial charge on any atom is 0.259 e. The molecule has 0 unspecified atom stereocenters. The monoisotopic (exact) mass is 387 g/mol. The number of anilines is 1. The van der Waals surface area contributed by atoms with Crippen molar-refractivity contribution in [2.24, 2.45) is 4.40 Å². The number of nitrogens with zero attached hydrogens (tertiary/aromatic N) is 2. The van der Waals surface area contributed by atoms with Gasteiger partial charge in [0.15, 0.2) is 5.84 Å². The SMILES string of the molecule is O=C(Nc1ccc(OC2CCCC2)cc1)C1=CC=CN2CCS(=O)(=O)N=C12. The van der Waals surface area contributed by atoms with Gasteiger partial charge in [-0.05, 0) is 62.1 Å². The standard InChI is InChI=1S/C19H21N3O4S/c23-19(17-6-3-11-22-12-13-27(24,25)21-18(17)22)20-14-7-9-16(10-8-14)26-15-4-1-2-5-15/h3,6-11,15H,1-2,4-5,12-13H2,(H,20,23). The molecule has 2 aliphatic heterocycles. The van der Waals surface area contributed by atoms with Gasteiger partial charge in [0.2, 0.25) is 0 Å². The largest absolute Gasteiger partial charge is 0.490 e. The molecule has 1 N–H and O–H groups in total. The highest BCUT2D eigenvalue weighted by Crippen LogP contribution is 2.25. The first-order chi connectivity index (χ1) is 13.0. The van der Waals surface area contributed by atoms with Gasteiger partial charge < -0.3 is 15.0 Å². The summed E-state index contributed by atoms with van der Waals surface area (Å²) in [7, 11) is -3.53. The van der Waals surface area contributed by atoms with Crippen LogP contribution in [0, 0.1) is 0 Å². The quantitative estimate of drug-likeness (QED) is 0.857. The second kappa shape index (κ2) is 7.19. The van der Waals surface area contributed by atoms with E-state index in [9.17, 15) is 13.2 Å². The zero-order chi connectivity index (χ0) is 18.9. The molecule has 4 rings (SSSR count). The number of hydrogen-bond donors (Lipinski definition) is 1. The zero-order valence-corrected chi connectivity index (χ0v) is 15.6. The van der Waals surface area contributed by atoms with Crippen LogP contribution in [0.4, 0.5) is 5.69 Å². The highest BCUT2D eigenvalue weighted by atomic mass is 32.2. The van der Waals surface area contributed by atoms with Crippen molar-refractivity contribution in [3.05, 3.63) is 48.2 Å². The minimum Gasteiger partial charge on any atom is -0.490 e. The number of amidine groups is 1. The summed E-state index contributed by atoms with van der Waals surface area (Å²) < 4.78 is 33.3. The molecule has 1 saturated carbocycles. The normalized spacial score (nSPS) is 21.3. The summed E-state index contributed by atoms with van der Waals surface area (Å²) in [6.45, 7) is 0.287. The van der Waals surface area contributed by atoms with Crippen molar-refractivity contribution in [3.8, 4) is 5.75 Å². The maximum absolute atomic E-state index is 12.7. The molecule has 0 atom stereocenters. The number of carbonyl (C=O) groups is 1. The number of carbonyl (C=O) groups excluding carboxylic acids is 1. The Morgan fingerprint density at radius 3 is 2.67 bits per heavy atom. The fourth-order valence-electron chi connectivity index (χ4n) is 3.41. The van der Waals surface area contributed by atoms with E-state index in [0.29, 0.717) is 5.69 Å². The number of fused-ring (bicyclic) bond motifs is 1. The molecule has 0 radical (unpaired) electrons. The van der Waals surface area contributed by atoms with Gasteiger partial charge in [-0.2, -0.15) is 0 Å². The van der Waals surface area contributed by atoms with Crippen molar-refractivity contribution in [1.82, 2.24) is 4.90 Å². The summed E-state index contributed by atoms with van der Waals surface area (Å²) >= 11 is 0. The number of benzene rings is 1. The molecular weight excluding hydrogens is 366 g/mol. The summed E-state index contributed by atoms with van der Waals surface area (Å²) in [5.74, 6) is 0.499. The number of rotatable bonds is 4. The fourth-order valence-corrected chi connectivity index (χ4v) is 4.39. The topological polar surface area (TPSA) is 88.1 Å². The molecule has 3 aliphatic rings. The van der Waals surface area contributed by atoms with Crippen LogP contribution < -0.4 is 10.1 Å². The smallest absolute Gasteiger partial charge is 0.259 e. The Labute approximate surface area is 158 Å². The van der Waals surface area contributed by atoms with E-state index in [0.717, 1.165) is 18.6 Å². The summed E-state index contributed by atoms with van der Waals surface area (Å²) in [4.78, 5) is 14.3. The number of nitrogens with one attached hydrogen (secondary N) is 1. The predicted molar refractivity (Wildman–Crippen MR) is 103 cm³/mol. The third kappa shape index (κ3) is 4.05. The van der Waals surface area contributed by atoms with Gasteiger partial charge in [0, 0.05) is 18.4 Å². The number of allylic oxidation sites excluding steroid dienone is 2. The van der Waals surface area contributed by atoms with Crippen LogP contribution in [0.25, 0.3) is 0 Å². The molecule has 27 heavy (non-hydrogen) atoms. The summed E-state index contributed by atoms with van der Waals surface area (Å²) in [5, 5.41) is 2.79. The molecule has 0 spiro atoms.